The van der Waals surface area contributed by atoms with E-state index in [1.165, 1.54) is 10.3 Å². The largest absolute Gasteiger partial charge is 0.868 e. The van der Waals surface area contributed by atoms with Crippen LogP contribution in [-0.4, -0.2) is 30.9 Å². The van der Waals surface area contributed by atoms with Crippen LogP contribution in [0.4, 0.5) is 0 Å². The number of hydrogen-bond acceptors (Lipinski definition) is 4. The quantitative estimate of drug-likeness (QED) is 0.245. The van der Waals surface area contributed by atoms with Crippen molar-refractivity contribution in [2.75, 3.05) is 26.2 Å². The van der Waals surface area contributed by atoms with Crippen LogP contribution < -0.4 is 15.2 Å². The molecule has 0 saturated carbocycles. The molecule has 1 atom stereocenters. The third-order valence-corrected chi connectivity index (χ3v) is 4.63. The standard InChI is InChI=1S/C18H28N3O2S/c1-7-13-10-14(8-2)16(15(9-3)11-13)17(22)18(23)21(5)19-20(4)12-24-6/h10-11H,7-9,12H2,1-6H3/q-1/p+1. The third kappa shape index (κ3) is 4.98. The molecule has 0 aliphatic heterocycles. The van der Waals surface area contributed by atoms with E-state index in [2.05, 4.69) is 12.1 Å². The van der Waals surface area contributed by atoms with Crippen molar-refractivity contribution in [2.24, 2.45) is 5.22 Å². The minimum absolute atomic E-state index is 0.463. The molecule has 0 aromatic heterocycles. The summed E-state index contributed by atoms with van der Waals surface area (Å²) in [7, 11) is 3.40. The Bertz CT molecular complexity index is 602. The summed E-state index contributed by atoms with van der Waals surface area (Å²) < 4.78 is 1.17. The fraction of sp³-hybridized carbons (Fsp3) is 0.556. The van der Waals surface area contributed by atoms with E-state index in [-0.39, 0.29) is 0 Å². The number of nitrogens with one attached hydrogen (secondary N) is 1. The topological polar surface area (TPSA) is 65.9 Å². The van der Waals surface area contributed by atoms with E-state index in [4.69, 9.17) is 0 Å². The van der Waals surface area contributed by atoms with E-state index in [1.54, 1.807) is 18.8 Å². The summed E-state index contributed by atoms with van der Waals surface area (Å²) in [6.07, 6.45) is 4.35. The molecule has 0 amide bonds. The van der Waals surface area contributed by atoms with Gasteiger partial charge in [0.05, 0.1) is 7.05 Å². The zero-order chi connectivity index (χ0) is 18.3. The maximum atomic E-state index is 12.8. The lowest BCUT2D eigenvalue weighted by molar-refractivity contribution is -0.940. The Balaban J connectivity index is 3.41. The first-order valence-corrected chi connectivity index (χ1v) is 9.78. The Hall–Kier alpha value is -1.53. The molecule has 0 spiro atoms. The molecule has 0 bridgehead atoms. The first-order valence-electron chi connectivity index (χ1n) is 8.39. The lowest BCUT2D eigenvalue weighted by Crippen LogP contribution is -3.04. The highest BCUT2D eigenvalue weighted by Crippen LogP contribution is 2.25. The Morgan fingerprint density at radius 1 is 1.12 bits per heavy atom. The molecule has 5 nitrogen and oxygen atoms in total. The second kappa shape index (κ2) is 9.69. The summed E-state index contributed by atoms with van der Waals surface area (Å²) in [5.74, 6) is -0.309. The molecule has 134 valence electrons. The average Bonchev–Trinajstić information content (AvgIpc) is 2.58. The highest BCUT2D eigenvalue weighted by Gasteiger charge is 2.13. The van der Waals surface area contributed by atoms with E-state index in [1.807, 2.05) is 39.3 Å². The van der Waals surface area contributed by atoms with Crippen molar-refractivity contribution in [3.63, 3.8) is 0 Å². The molecule has 1 unspecified atom stereocenters. The number of nitrogens with zero attached hydrogens (tertiary/aromatic N) is 2. The molecule has 1 aromatic rings. The van der Waals surface area contributed by atoms with E-state index in [0.29, 0.717) is 5.56 Å². The summed E-state index contributed by atoms with van der Waals surface area (Å²) in [6.45, 7) is 6.12. The van der Waals surface area contributed by atoms with Crippen LogP contribution in [0.2, 0.25) is 0 Å². The second-order valence-corrected chi connectivity index (χ2v) is 6.64. The molecular weight excluding hydrogens is 322 g/mol. The summed E-state index contributed by atoms with van der Waals surface area (Å²) in [5.41, 5.74) is 3.66. The predicted molar refractivity (Wildman–Crippen MR) is 95.4 cm³/mol. The number of rotatable bonds is 8. The van der Waals surface area contributed by atoms with Gasteiger partial charge in [-0.3, -0.25) is 0 Å². The fourth-order valence-corrected chi connectivity index (χ4v) is 3.16. The summed E-state index contributed by atoms with van der Waals surface area (Å²) in [5, 5.41) is 30.4. The van der Waals surface area contributed by atoms with Crippen molar-refractivity contribution < 1.29 is 19.9 Å². The number of quaternary nitrogens is 1. The molecule has 1 N–H and O–H groups in total. The first kappa shape index (κ1) is 20.5. The minimum Gasteiger partial charge on any atom is -0.868 e. The smallest absolute Gasteiger partial charge is 0.181 e. The summed E-state index contributed by atoms with van der Waals surface area (Å²) in [6, 6.07) is 4.09. The molecule has 1 aromatic carbocycles. The van der Waals surface area contributed by atoms with Gasteiger partial charge >= 0.3 is 0 Å². The van der Waals surface area contributed by atoms with Gasteiger partial charge in [0.2, 0.25) is 0 Å². The van der Waals surface area contributed by atoms with Gasteiger partial charge in [-0.1, -0.05) is 37.6 Å². The fourth-order valence-electron chi connectivity index (χ4n) is 2.69. The van der Waals surface area contributed by atoms with Crippen LogP contribution in [0.3, 0.4) is 0 Å². The molecule has 0 radical (unpaired) electrons. The molecule has 0 fully saturated rings. The molecule has 6 heteroatoms. The molecule has 0 saturated heterocycles. The zero-order valence-corrected chi connectivity index (χ0v) is 16.4. The molecule has 24 heavy (non-hydrogen) atoms. The van der Waals surface area contributed by atoms with Gasteiger partial charge in [-0.15, -0.1) is 16.8 Å². The van der Waals surface area contributed by atoms with Crippen LogP contribution in [0, 0.1) is 0 Å². The van der Waals surface area contributed by atoms with Crippen LogP contribution in [0.5, 0.6) is 0 Å². The summed E-state index contributed by atoms with van der Waals surface area (Å²) >= 11 is 1.63. The second-order valence-electron chi connectivity index (χ2n) is 5.78. The van der Waals surface area contributed by atoms with Gasteiger partial charge in [-0.05, 0) is 53.5 Å². The average molecular weight is 352 g/mol. The zero-order valence-electron chi connectivity index (χ0n) is 15.6. The van der Waals surface area contributed by atoms with E-state index in [9.17, 15) is 10.2 Å². The third-order valence-electron chi connectivity index (χ3n) is 3.92. The molecular formula is C18H29N3O2S. The van der Waals surface area contributed by atoms with Crippen molar-refractivity contribution >= 4 is 17.5 Å². The summed E-state index contributed by atoms with van der Waals surface area (Å²) in [4.78, 5) is 0. The Labute approximate surface area is 149 Å². The predicted octanol–water partition coefficient (Wildman–Crippen LogP) is 0.565. The molecule has 0 heterocycles. The van der Waals surface area contributed by atoms with Crippen LogP contribution in [0.1, 0.15) is 43.0 Å². The van der Waals surface area contributed by atoms with Crippen LogP contribution in [0.25, 0.3) is 5.76 Å². The van der Waals surface area contributed by atoms with Gasteiger partial charge < -0.3 is 10.2 Å². The van der Waals surface area contributed by atoms with Gasteiger partial charge in [-0.25, -0.2) is 0 Å². The van der Waals surface area contributed by atoms with E-state index in [0.717, 1.165) is 41.3 Å². The van der Waals surface area contributed by atoms with Crippen LogP contribution in [0.15, 0.2) is 23.2 Å². The number of benzene rings is 1. The van der Waals surface area contributed by atoms with Gasteiger partial charge in [0.15, 0.2) is 24.0 Å². The highest BCUT2D eigenvalue weighted by atomic mass is 32.2. The van der Waals surface area contributed by atoms with E-state index < -0.39 is 11.6 Å². The van der Waals surface area contributed by atoms with Crippen molar-refractivity contribution in [3.8, 4) is 0 Å². The normalized spacial score (nSPS) is 14.5. The molecule has 0 aliphatic carbocycles. The maximum absolute atomic E-state index is 12.8. The number of hydrogen-bond donors (Lipinski definition) is 1. The highest BCUT2D eigenvalue weighted by molar-refractivity contribution is 7.98. The maximum Gasteiger partial charge on any atom is 0.181 e. The molecule has 1 rings (SSSR count). The van der Waals surface area contributed by atoms with Gasteiger partial charge in [0.25, 0.3) is 0 Å². The van der Waals surface area contributed by atoms with Crippen molar-refractivity contribution in [1.29, 1.82) is 0 Å². The Morgan fingerprint density at radius 2 is 1.67 bits per heavy atom. The van der Waals surface area contributed by atoms with E-state index >= 15 is 0 Å². The van der Waals surface area contributed by atoms with Crippen LogP contribution >= 0.6 is 11.8 Å². The van der Waals surface area contributed by atoms with Gasteiger partial charge in [0, 0.05) is 0 Å². The van der Waals surface area contributed by atoms with Crippen molar-refractivity contribution in [2.45, 2.75) is 40.0 Å². The monoisotopic (exact) mass is 351 g/mol. The Morgan fingerprint density at radius 3 is 2.08 bits per heavy atom. The number of aryl methyl sites for hydroxylation is 3. The van der Waals surface area contributed by atoms with Gasteiger partial charge in [-0.2, -0.15) is 0 Å². The van der Waals surface area contributed by atoms with Gasteiger partial charge in [0.1, 0.15) is 0 Å². The van der Waals surface area contributed by atoms with Crippen LogP contribution in [-0.2, 0) is 19.3 Å². The SMILES string of the molecule is CCc1cc(CC)c(C([O-])=C([O-])[N+](C)=N[NH+](C)CSC)c(CC)c1. The minimum atomic E-state index is -0.580. The lowest BCUT2D eigenvalue weighted by Gasteiger charge is -2.23. The first-order chi connectivity index (χ1) is 11.4. The van der Waals surface area contributed by atoms with Crippen molar-refractivity contribution in [3.05, 3.63) is 40.3 Å². The van der Waals surface area contributed by atoms with Crippen molar-refractivity contribution in [1.82, 2.24) is 0 Å². The lowest BCUT2D eigenvalue weighted by atomic mass is 9.92. The molecule has 0 aliphatic rings. The Kier molecular flexibility index (Phi) is 8.28. The number of thioether (sulfide) groups is 1.